The first-order valence-electron chi connectivity index (χ1n) is 8.95. The lowest BCUT2D eigenvalue weighted by Gasteiger charge is -2.08. The Morgan fingerprint density at radius 3 is 2.37 bits per heavy atom. The molecule has 0 saturated heterocycles. The van der Waals surface area contributed by atoms with Gasteiger partial charge in [-0.05, 0) is 49.2 Å². The number of ether oxygens (including phenoxy) is 2. The van der Waals surface area contributed by atoms with Crippen LogP contribution in [0.2, 0.25) is 0 Å². The number of pyridine rings is 1. The van der Waals surface area contributed by atoms with E-state index in [1.54, 1.807) is 13.3 Å². The van der Waals surface area contributed by atoms with Gasteiger partial charge in [-0.2, -0.15) is 0 Å². The average molecular weight is 361 g/mol. The zero-order valence-corrected chi connectivity index (χ0v) is 15.6. The molecule has 0 radical (unpaired) electrons. The molecule has 2 aromatic carbocycles. The molecular formula is C23H23NO3. The fraction of sp³-hybridized carbons (Fsp3) is 0.217. The second kappa shape index (κ2) is 8.99. The summed E-state index contributed by atoms with van der Waals surface area (Å²) in [6.45, 7) is 2.48. The number of aryl methyl sites for hydroxylation is 2. The third kappa shape index (κ3) is 5.17. The number of aromatic nitrogens is 1. The van der Waals surface area contributed by atoms with Crippen molar-refractivity contribution in [3.8, 4) is 11.5 Å². The van der Waals surface area contributed by atoms with Gasteiger partial charge in [0.2, 0.25) is 0 Å². The number of fused-ring (bicyclic) bond motifs is 1. The Morgan fingerprint density at radius 2 is 1.74 bits per heavy atom. The summed E-state index contributed by atoms with van der Waals surface area (Å²) in [5, 5.41) is 0. The number of ketones is 1. The van der Waals surface area contributed by atoms with E-state index in [4.69, 9.17) is 9.47 Å². The van der Waals surface area contributed by atoms with Crippen LogP contribution < -0.4 is 9.47 Å². The molecule has 4 rings (SSSR count). The summed E-state index contributed by atoms with van der Waals surface area (Å²) in [6, 6.07) is 19.6. The van der Waals surface area contributed by atoms with Gasteiger partial charge in [-0.1, -0.05) is 35.9 Å². The Balaban J connectivity index is 0.000000253. The first-order valence-corrected chi connectivity index (χ1v) is 8.95. The van der Waals surface area contributed by atoms with Gasteiger partial charge >= 0.3 is 0 Å². The number of nitrogens with zero attached hydrogens (tertiary/aromatic N) is 1. The molecule has 0 atom stereocenters. The van der Waals surface area contributed by atoms with Crippen molar-refractivity contribution < 1.29 is 14.3 Å². The predicted octanol–water partition coefficient (Wildman–Crippen LogP) is 4.79. The van der Waals surface area contributed by atoms with E-state index < -0.39 is 0 Å². The first-order chi connectivity index (χ1) is 13.2. The van der Waals surface area contributed by atoms with Crippen LogP contribution in [0.15, 0.2) is 66.9 Å². The molecule has 0 N–H and O–H groups in total. The van der Waals surface area contributed by atoms with E-state index in [1.807, 2.05) is 48.5 Å². The van der Waals surface area contributed by atoms with Crippen molar-refractivity contribution in [1.82, 2.24) is 4.98 Å². The van der Waals surface area contributed by atoms with Crippen molar-refractivity contribution >= 4 is 5.78 Å². The summed E-state index contributed by atoms with van der Waals surface area (Å²) in [5.74, 6) is 1.73. The lowest BCUT2D eigenvalue weighted by atomic mass is 10.1. The molecule has 0 fully saturated rings. The molecule has 1 aliphatic carbocycles. The summed E-state index contributed by atoms with van der Waals surface area (Å²) in [7, 11) is 1.61. The zero-order valence-electron chi connectivity index (χ0n) is 15.6. The van der Waals surface area contributed by atoms with Gasteiger partial charge in [0, 0.05) is 12.0 Å². The first kappa shape index (κ1) is 18.6. The maximum absolute atomic E-state index is 11.6. The van der Waals surface area contributed by atoms with E-state index >= 15 is 0 Å². The summed E-state index contributed by atoms with van der Waals surface area (Å²) in [4.78, 5) is 15.8. The van der Waals surface area contributed by atoms with Gasteiger partial charge < -0.3 is 9.47 Å². The van der Waals surface area contributed by atoms with Crippen LogP contribution in [0.25, 0.3) is 0 Å². The second-order valence-electron chi connectivity index (χ2n) is 6.37. The minimum atomic E-state index is 0.225. The Labute approximate surface area is 159 Å². The van der Waals surface area contributed by atoms with Crippen molar-refractivity contribution in [1.29, 1.82) is 0 Å². The highest BCUT2D eigenvalue weighted by atomic mass is 16.5. The summed E-state index contributed by atoms with van der Waals surface area (Å²) < 4.78 is 10.8. The van der Waals surface area contributed by atoms with Crippen molar-refractivity contribution in [3.05, 3.63) is 89.2 Å². The molecule has 1 aromatic heterocycles. The number of carbonyl (C=O) groups is 1. The Kier molecular flexibility index (Phi) is 6.21. The van der Waals surface area contributed by atoms with Crippen LogP contribution in [0.3, 0.4) is 0 Å². The summed E-state index contributed by atoms with van der Waals surface area (Å²) in [5.41, 5.74) is 4.07. The molecule has 138 valence electrons. The molecular weight excluding hydrogens is 338 g/mol. The SMILES string of the molecule is COc1ccc(COc2ccc3c(c2)CCC3=O)nc1.Cc1ccccc1. The molecule has 27 heavy (non-hydrogen) atoms. The highest BCUT2D eigenvalue weighted by Gasteiger charge is 2.19. The fourth-order valence-corrected chi connectivity index (χ4v) is 2.83. The largest absolute Gasteiger partial charge is 0.495 e. The summed E-state index contributed by atoms with van der Waals surface area (Å²) >= 11 is 0. The summed E-state index contributed by atoms with van der Waals surface area (Å²) in [6.07, 6.45) is 3.09. The van der Waals surface area contributed by atoms with Crippen molar-refractivity contribution in [2.45, 2.75) is 26.4 Å². The Hall–Kier alpha value is -3.14. The number of hydrogen-bond donors (Lipinski definition) is 0. The number of carbonyl (C=O) groups excluding carboxylic acids is 1. The molecule has 4 nitrogen and oxygen atoms in total. The highest BCUT2D eigenvalue weighted by molar-refractivity contribution is 6.00. The van der Waals surface area contributed by atoms with Gasteiger partial charge in [0.1, 0.15) is 18.1 Å². The number of Topliss-reactive ketones (excluding diaryl/α,β-unsaturated/α-hetero) is 1. The van der Waals surface area contributed by atoms with E-state index in [2.05, 4.69) is 24.0 Å². The lowest BCUT2D eigenvalue weighted by molar-refractivity contribution is 0.0994. The van der Waals surface area contributed by atoms with E-state index in [0.717, 1.165) is 34.7 Å². The number of hydrogen-bond acceptors (Lipinski definition) is 4. The van der Waals surface area contributed by atoms with E-state index in [0.29, 0.717) is 13.0 Å². The average Bonchev–Trinajstić information content (AvgIpc) is 3.08. The van der Waals surface area contributed by atoms with Gasteiger partial charge in [0.05, 0.1) is 19.0 Å². The fourth-order valence-electron chi connectivity index (χ4n) is 2.83. The van der Waals surface area contributed by atoms with E-state index in [1.165, 1.54) is 5.56 Å². The maximum Gasteiger partial charge on any atom is 0.163 e. The lowest BCUT2D eigenvalue weighted by Crippen LogP contribution is -1.99. The van der Waals surface area contributed by atoms with Gasteiger partial charge in [-0.25, -0.2) is 0 Å². The highest BCUT2D eigenvalue weighted by Crippen LogP contribution is 2.26. The topological polar surface area (TPSA) is 48.4 Å². The smallest absolute Gasteiger partial charge is 0.163 e. The number of methoxy groups -OCH3 is 1. The van der Waals surface area contributed by atoms with Crippen LogP contribution in [0.4, 0.5) is 0 Å². The van der Waals surface area contributed by atoms with Gasteiger partial charge in [-0.15, -0.1) is 0 Å². The van der Waals surface area contributed by atoms with Crippen LogP contribution in [0, 0.1) is 6.92 Å². The Bertz CT molecular complexity index is 889. The van der Waals surface area contributed by atoms with Gasteiger partial charge in [-0.3, -0.25) is 9.78 Å². The molecule has 0 saturated carbocycles. The molecule has 4 heteroatoms. The van der Waals surface area contributed by atoms with Crippen LogP contribution in [0.5, 0.6) is 11.5 Å². The zero-order chi connectivity index (χ0) is 19.1. The van der Waals surface area contributed by atoms with Crippen LogP contribution in [0.1, 0.15) is 33.6 Å². The van der Waals surface area contributed by atoms with Crippen LogP contribution in [-0.4, -0.2) is 17.9 Å². The minimum Gasteiger partial charge on any atom is -0.495 e. The van der Waals surface area contributed by atoms with Crippen molar-refractivity contribution in [2.24, 2.45) is 0 Å². The molecule has 0 bridgehead atoms. The van der Waals surface area contributed by atoms with Crippen LogP contribution >= 0.6 is 0 Å². The molecule has 0 amide bonds. The molecule has 1 heterocycles. The molecule has 0 unspecified atom stereocenters. The molecule has 3 aromatic rings. The third-order valence-electron chi connectivity index (χ3n) is 4.36. The molecule has 0 spiro atoms. The maximum atomic E-state index is 11.6. The standard InChI is InChI=1S/C16H15NO3.C7H8/c1-19-14-4-3-12(17-9-14)10-20-13-5-6-15-11(8-13)2-7-16(15)18;1-7-5-3-2-4-6-7/h3-6,8-9H,2,7,10H2,1H3;2-6H,1H3. The second-order valence-corrected chi connectivity index (χ2v) is 6.37. The predicted molar refractivity (Wildman–Crippen MR) is 105 cm³/mol. The molecule has 1 aliphatic rings. The quantitative estimate of drug-likeness (QED) is 0.670. The Morgan fingerprint density at radius 1 is 0.963 bits per heavy atom. The monoisotopic (exact) mass is 361 g/mol. The van der Waals surface area contributed by atoms with E-state index in [-0.39, 0.29) is 5.78 Å². The van der Waals surface area contributed by atoms with E-state index in [9.17, 15) is 4.79 Å². The normalized spacial score (nSPS) is 12.0. The van der Waals surface area contributed by atoms with Crippen molar-refractivity contribution in [3.63, 3.8) is 0 Å². The van der Waals surface area contributed by atoms with Gasteiger partial charge in [0.25, 0.3) is 0 Å². The number of rotatable bonds is 4. The van der Waals surface area contributed by atoms with Crippen LogP contribution in [-0.2, 0) is 13.0 Å². The third-order valence-corrected chi connectivity index (χ3v) is 4.36. The molecule has 0 aliphatic heterocycles. The van der Waals surface area contributed by atoms with Crippen molar-refractivity contribution in [2.75, 3.05) is 7.11 Å². The van der Waals surface area contributed by atoms with Gasteiger partial charge in [0.15, 0.2) is 5.78 Å². The number of benzene rings is 2. The minimum absolute atomic E-state index is 0.225.